The topological polar surface area (TPSA) is 53.4 Å². The van der Waals surface area contributed by atoms with E-state index in [1.165, 1.54) is 4.09 Å². The molecule has 0 aliphatic carbocycles. The molecule has 124 valence electrons. The summed E-state index contributed by atoms with van der Waals surface area (Å²) < 4.78 is 24.9. The van der Waals surface area contributed by atoms with Crippen LogP contribution in [0.15, 0.2) is 35.4 Å². The van der Waals surface area contributed by atoms with Crippen molar-refractivity contribution in [1.29, 1.82) is 0 Å². The molecule has 2 aromatic rings. The average molecular weight is 356 g/mol. The zero-order chi connectivity index (χ0) is 16.8. The van der Waals surface area contributed by atoms with Gasteiger partial charge in [0.05, 0.1) is 11.7 Å². The van der Waals surface area contributed by atoms with E-state index in [1.807, 2.05) is 0 Å². The number of carbonyl (C=O) groups excluding carboxylic acids is 1. The standard InChI is InChI=1S/C15H17FN2O3S2/c1-10(2)21-15(19)11-4-3-5-13(23-9-16)12(11)8-20-14-6-7-18(22)17-14/h3-7,10,22H,8-9H2,1-2H3. The molecule has 2 rings (SSSR count). The summed E-state index contributed by atoms with van der Waals surface area (Å²) in [6.07, 6.45) is 1.38. The van der Waals surface area contributed by atoms with Gasteiger partial charge in [-0.2, -0.15) is 0 Å². The first-order chi connectivity index (χ1) is 11.0. The fourth-order valence-corrected chi connectivity index (χ4v) is 2.69. The summed E-state index contributed by atoms with van der Waals surface area (Å²) in [4.78, 5) is 12.9. The molecule has 0 N–H and O–H groups in total. The number of hydrogen-bond donors (Lipinski definition) is 1. The molecule has 1 heterocycles. The van der Waals surface area contributed by atoms with Crippen molar-refractivity contribution in [3.05, 3.63) is 41.6 Å². The smallest absolute Gasteiger partial charge is 0.338 e. The van der Waals surface area contributed by atoms with Crippen LogP contribution < -0.4 is 4.74 Å². The van der Waals surface area contributed by atoms with Crippen molar-refractivity contribution in [3.63, 3.8) is 0 Å². The van der Waals surface area contributed by atoms with E-state index in [0.29, 0.717) is 21.9 Å². The minimum atomic E-state index is -0.596. The van der Waals surface area contributed by atoms with Crippen LogP contribution in [0.3, 0.4) is 0 Å². The summed E-state index contributed by atoms with van der Waals surface area (Å²) in [7, 11) is 0. The van der Waals surface area contributed by atoms with Crippen molar-refractivity contribution in [3.8, 4) is 5.88 Å². The van der Waals surface area contributed by atoms with Crippen LogP contribution in [0.1, 0.15) is 29.8 Å². The number of ether oxygens (including phenoxy) is 2. The van der Waals surface area contributed by atoms with E-state index < -0.39 is 12.0 Å². The molecule has 0 unspecified atom stereocenters. The van der Waals surface area contributed by atoms with E-state index in [4.69, 9.17) is 9.47 Å². The summed E-state index contributed by atoms with van der Waals surface area (Å²) in [6.45, 7) is 3.62. The van der Waals surface area contributed by atoms with Crippen molar-refractivity contribution in [2.45, 2.75) is 31.5 Å². The first kappa shape index (κ1) is 17.7. The Hall–Kier alpha value is -1.67. The highest BCUT2D eigenvalue weighted by molar-refractivity contribution is 7.99. The predicted octanol–water partition coefficient (Wildman–Crippen LogP) is 3.74. The molecule has 0 spiro atoms. The Kier molecular flexibility index (Phi) is 6.35. The van der Waals surface area contributed by atoms with E-state index in [-0.39, 0.29) is 12.7 Å². The van der Waals surface area contributed by atoms with Gasteiger partial charge in [0.25, 0.3) is 0 Å². The normalized spacial score (nSPS) is 10.8. The molecule has 0 atom stereocenters. The summed E-state index contributed by atoms with van der Waals surface area (Å²) >= 11 is 5.03. The molecule has 0 saturated heterocycles. The molecule has 0 amide bonds. The molecule has 1 aromatic heterocycles. The number of esters is 1. The quantitative estimate of drug-likeness (QED) is 0.465. The highest BCUT2D eigenvalue weighted by atomic mass is 32.2. The Labute approximate surface area is 143 Å². The molecular formula is C15H17FN2O3S2. The zero-order valence-corrected chi connectivity index (χ0v) is 14.4. The van der Waals surface area contributed by atoms with Gasteiger partial charge < -0.3 is 9.47 Å². The van der Waals surface area contributed by atoms with Crippen LogP contribution in [-0.4, -0.2) is 27.3 Å². The first-order valence-corrected chi connectivity index (χ1v) is 8.29. The van der Waals surface area contributed by atoms with E-state index in [2.05, 4.69) is 17.9 Å². The van der Waals surface area contributed by atoms with Crippen molar-refractivity contribution in [2.75, 3.05) is 6.01 Å². The fourth-order valence-electron chi connectivity index (χ4n) is 1.90. The Morgan fingerprint density at radius 3 is 2.83 bits per heavy atom. The van der Waals surface area contributed by atoms with Gasteiger partial charge in [0.15, 0.2) is 0 Å². The number of hydrogen-bond acceptors (Lipinski definition) is 6. The highest BCUT2D eigenvalue weighted by Gasteiger charge is 2.18. The molecule has 5 nitrogen and oxygen atoms in total. The van der Waals surface area contributed by atoms with Crippen LogP contribution in [-0.2, 0) is 11.3 Å². The third-order valence-electron chi connectivity index (χ3n) is 2.82. The second-order valence-electron chi connectivity index (χ2n) is 4.85. The third kappa shape index (κ3) is 4.90. The Morgan fingerprint density at radius 2 is 2.22 bits per heavy atom. The molecule has 23 heavy (non-hydrogen) atoms. The molecular weight excluding hydrogens is 339 g/mol. The maximum atomic E-state index is 12.7. The Morgan fingerprint density at radius 1 is 1.43 bits per heavy atom. The fraction of sp³-hybridized carbons (Fsp3) is 0.333. The van der Waals surface area contributed by atoms with Crippen molar-refractivity contribution >= 4 is 30.5 Å². The number of benzene rings is 1. The van der Waals surface area contributed by atoms with Crippen molar-refractivity contribution in [2.24, 2.45) is 0 Å². The first-order valence-electron chi connectivity index (χ1n) is 6.90. The lowest BCUT2D eigenvalue weighted by Crippen LogP contribution is -2.15. The summed E-state index contributed by atoms with van der Waals surface area (Å²) in [6, 6.07) is 6.13. The number of nitrogens with zero attached hydrogens (tertiary/aromatic N) is 2. The van der Waals surface area contributed by atoms with Crippen LogP contribution in [0.4, 0.5) is 4.39 Å². The van der Waals surface area contributed by atoms with Gasteiger partial charge in [-0.1, -0.05) is 17.8 Å². The largest absolute Gasteiger partial charge is 0.472 e. The number of rotatable bonds is 7. The monoisotopic (exact) mass is 356 g/mol. The van der Waals surface area contributed by atoms with E-state index in [1.54, 1.807) is 44.3 Å². The SMILES string of the molecule is CC(C)OC(=O)c1cccc(SCF)c1COc1ccn(S)n1. The molecule has 1 aromatic carbocycles. The molecule has 0 aliphatic heterocycles. The van der Waals surface area contributed by atoms with E-state index in [9.17, 15) is 9.18 Å². The molecule has 0 radical (unpaired) electrons. The Balaban J connectivity index is 2.26. The third-order valence-corrected chi connectivity index (χ3v) is 3.85. The van der Waals surface area contributed by atoms with Crippen molar-refractivity contribution < 1.29 is 18.7 Å². The van der Waals surface area contributed by atoms with Gasteiger partial charge in [-0.05, 0) is 38.8 Å². The van der Waals surface area contributed by atoms with Crippen LogP contribution >= 0.6 is 24.6 Å². The minimum Gasteiger partial charge on any atom is -0.472 e. The summed E-state index contributed by atoms with van der Waals surface area (Å²) in [5.74, 6) is -0.0946. The molecule has 0 aliphatic rings. The van der Waals surface area contributed by atoms with Gasteiger partial charge in [-0.15, -0.1) is 5.10 Å². The number of aromatic nitrogens is 2. The second kappa shape index (κ2) is 8.26. The molecule has 0 bridgehead atoms. The lowest BCUT2D eigenvalue weighted by atomic mass is 10.1. The number of thiol groups is 1. The molecule has 8 heteroatoms. The lowest BCUT2D eigenvalue weighted by Gasteiger charge is -2.14. The number of thioether (sulfide) groups is 1. The van der Waals surface area contributed by atoms with Gasteiger partial charge in [0.2, 0.25) is 5.88 Å². The zero-order valence-electron chi connectivity index (χ0n) is 12.7. The van der Waals surface area contributed by atoms with E-state index >= 15 is 0 Å². The van der Waals surface area contributed by atoms with Crippen LogP contribution in [0.2, 0.25) is 0 Å². The second-order valence-corrected chi connectivity index (χ2v) is 6.21. The van der Waals surface area contributed by atoms with Crippen LogP contribution in [0.5, 0.6) is 5.88 Å². The highest BCUT2D eigenvalue weighted by Crippen LogP contribution is 2.27. The molecule has 0 fully saturated rings. The maximum absolute atomic E-state index is 12.7. The van der Waals surface area contributed by atoms with Gasteiger partial charge >= 0.3 is 5.97 Å². The Bertz CT molecular complexity index is 676. The van der Waals surface area contributed by atoms with E-state index in [0.717, 1.165) is 11.8 Å². The van der Waals surface area contributed by atoms with Crippen LogP contribution in [0.25, 0.3) is 0 Å². The van der Waals surface area contributed by atoms with Gasteiger partial charge in [0, 0.05) is 22.7 Å². The van der Waals surface area contributed by atoms with Gasteiger partial charge in [0.1, 0.15) is 12.6 Å². The van der Waals surface area contributed by atoms with Crippen LogP contribution in [0, 0.1) is 0 Å². The van der Waals surface area contributed by atoms with Gasteiger partial charge in [-0.25, -0.2) is 13.3 Å². The average Bonchev–Trinajstić information content (AvgIpc) is 2.91. The summed E-state index contributed by atoms with van der Waals surface area (Å²) in [5, 5.41) is 3.99. The number of carbonyl (C=O) groups is 1. The summed E-state index contributed by atoms with van der Waals surface area (Å²) in [5.41, 5.74) is 0.942. The lowest BCUT2D eigenvalue weighted by molar-refractivity contribution is 0.0374. The number of halogens is 1. The molecule has 0 saturated carbocycles. The number of alkyl halides is 1. The predicted molar refractivity (Wildman–Crippen MR) is 89.8 cm³/mol. The minimum absolute atomic E-state index is 0.0799. The van der Waals surface area contributed by atoms with Gasteiger partial charge in [-0.3, -0.25) is 0 Å². The maximum Gasteiger partial charge on any atom is 0.338 e. The van der Waals surface area contributed by atoms with Crippen molar-refractivity contribution in [1.82, 2.24) is 9.19 Å².